The smallest absolute Gasteiger partial charge is 0.222 e. The maximum Gasteiger partial charge on any atom is 0.222 e. The number of carbonyl (C=O) groups is 2. The van der Waals surface area contributed by atoms with Crippen molar-refractivity contribution in [2.45, 2.75) is 52.2 Å². The first-order valence-electron chi connectivity index (χ1n) is 12.7. The molecule has 11 nitrogen and oxygen atoms in total. The summed E-state index contributed by atoms with van der Waals surface area (Å²) < 4.78 is 32.4. The van der Waals surface area contributed by atoms with Crippen molar-refractivity contribution in [3.8, 4) is 0 Å². The van der Waals surface area contributed by atoms with Crippen LogP contribution in [0.25, 0.3) is 0 Å². The molecule has 0 aliphatic rings. The van der Waals surface area contributed by atoms with Crippen LogP contribution in [0.4, 0.5) is 0 Å². The van der Waals surface area contributed by atoms with Crippen molar-refractivity contribution < 1.29 is 43.1 Å². The first-order chi connectivity index (χ1) is 17.1. The van der Waals surface area contributed by atoms with Crippen LogP contribution in [0.1, 0.15) is 46.0 Å². The number of ketones is 1. The molecule has 0 radical (unpaired) electrons. The molecule has 11 heteroatoms. The molecular weight excluding hydrogens is 460 g/mol. The highest BCUT2D eigenvalue weighted by Crippen LogP contribution is 1.99. The minimum Gasteiger partial charge on any atom is -0.379 e. The van der Waals surface area contributed by atoms with Gasteiger partial charge in [-0.05, 0) is 26.2 Å². The molecule has 0 aromatic carbocycles. The van der Waals surface area contributed by atoms with Crippen LogP contribution in [0, 0.1) is 0 Å². The monoisotopic (exact) mass is 508 g/mol. The Labute approximate surface area is 210 Å². The Balaban J connectivity index is 3.13. The van der Waals surface area contributed by atoms with Crippen LogP contribution in [0.2, 0.25) is 0 Å². The van der Waals surface area contributed by atoms with E-state index in [0.717, 1.165) is 6.42 Å². The molecule has 0 fully saturated rings. The van der Waals surface area contributed by atoms with Crippen LogP contribution >= 0.6 is 0 Å². The van der Waals surface area contributed by atoms with Gasteiger partial charge in [-0.15, -0.1) is 0 Å². The molecule has 0 aromatic rings. The molecule has 35 heavy (non-hydrogen) atoms. The second kappa shape index (κ2) is 27.4. The number of ether oxygens (including phenoxy) is 6. The van der Waals surface area contributed by atoms with Crippen LogP contribution in [-0.2, 0) is 38.0 Å². The van der Waals surface area contributed by atoms with E-state index in [0.29, 0.717) is 118 Å². The van der Waals surface area contributed by atoms with E-state index in [1.165, 1.54) is 0 Å². The first-order valence-corrected chi connectivity index (χ1v) is 12.7. The summed E-state index contributed by atoms with van der Waals surface area (Å²) in [7, 11) is 0. The Bertz CT molecular complexity index is 484. The molecule has 1 atom stereocenters. The number of hydrogen-bond donors (Lipinski definition) is 3. The molecule has 0 saturated carbocycles. The van der Waals surface area contributed by atoms with Crippen molar-refractivity contribution >= 4 is 11.7 Å². The third-order valence-corrected chi connectivity index (χ3v) is 4.54. The summed E-state index contributed by atoms with van der Waals surface area (Å²) in [6, 6.07) is 0. The number of aliphatic hydroxyl groups is 1. The maximum atomic E-state index is 11.4. The highest BCUT2D eigenvalue weighted by atomic mass is 16.6. The molecule has 0 rings (SSSR count). The molecule has 0 spiro atoms. The van der Waals surface area contributed by atoms with Gasteiger partial charge in [-0.2, -0.15) is 0 Å². The van der Waals surface area contributed by atoms with Crippen molar-refractivity contribution in [1.29, 1.82) is 0 Å². The fourth-order valence-corrected chi connectivity index (χ4v) is 2.66. The number of aliphatic hydroxyl groups excluding tert-OH is 1. The highest BCUT2D eigenvalue weighted by Gasteiger charge is 2.03. The predicted molar refractivity (Wildman–Crippen MR) is 131 cm³/mol. The minimum atomic E-state index is -0.607. The molecular formula is C24H48N2O9. The van der Waals surface area contributed by atoms with Crippen LogP contribution in [0.5, 0.6) is 0 Å². The van der Waals surface area contributed by atoms with Gasteiger partial charge in [0, 0.05) is 25.9 Å². The van der Waals surface area contributed by atoms with Gasteiger partial charge in [-0.25, -0.2) is 0 Å². The summed E-state index contributed by atoms with van der Waals surface area (Å²) in [4.78, 5) is 22.2. The van der Waals surface area contributed by atoms with E-state index in [1.54, 1.807) is 6.92 Å². The molecule has 0 saturated heterocycles. The van der Waals surface area contributed by atoms with E-state index < -0.39 is 6.23 Å². The van der Waals surface area contributed by atoms with Crippen molar-refractivity contribution in [2.75, 3.05) is 92.4 Å². The van der Waals surface area contributed by atoms with Gasteiger partial charge >= 0.3 is 0 Å². The number of carbonyl (C=O) groups excluding carboxylic acids is 2. The average molecular weight is 509 g/mol. The summed E-state index contributed by atoms with van der Waals surface area (Å²) in [5, 5.41) is 15.4. The third kappa shape index (κ3) is 28.9. The van der Waals surface area contributed by atoms with Gasteiger partial charge in [0.2, 0.25) is 5.91 Å². The van der Waals surface area contributed by atoms with Gasteiger partial charge in [0.05, 0.1) is 79.3 Å². The van der Waals surface area contributed by atoms with E-state index in [-0.39, 0.29) is 11.7 Å². The van der Waals surface area contributed by atoms with Crippen molar-refractivity contribution in [3.05, 3.63) is 0 Å². The number of nitrogens with one attached hydrogen (secondary N) is 2. The van der Waals surface area contributed by atoms with E-state index in [4.69, 9.17) is 28.4 Å². The SMILES string of the molecule is CCCNC(=O)CCOCCOCCOCCOCCOCCOCCNC(O)CCCC(C)=O. The molecule has 1 amide bonds. The summed E-state index contributed by atoms with van der Waals surface area (Å²) in [5.74, 6) is 0.155. The van der Waals surface area contributed by atoms with E-state index >= 15 is 0 Å². The number of amides is 1. The minimum absolute atomic E-state index is 0.0143. The van der Waals surface area contributed by atoms with E-state index in [2.05, 4.69) is 10.6 Å². The zero-order chi connectivity index (χ0) is 25.8. The average Bonchev–Trinajstić information content (AvgIpc) is 2.83. The van der Waals surface area contributed by atoms with Gasteiger partial charge in [0.25, 0.3) is 0 Å². The Morgan fingerprint density at radius 1 is 0.686 bits per heavy atom. The summed E-state index contributed by atoms with van der Waals surface area (Å²) in [6.07, 6.45) is 2.43. The molecule has 0 aliphatic carbocycles. The topological polar surface area (TPSA) is 134 Å². The van der Waals surface area contributed by atoms with Crippen molar-refractivity contribution in [3.63, 3.8) is 0 Å². The van der Waals surface area contributed by atoms with Crippen LogP contribution in [0.15, 0.2) is 0 Å². The Morgan fingerprint density at radius 2 is 1.14 bits per heavy atom. The Morgan fingerprint density at radius 3 is 1.60 bits per heavy atom. The fourth-order valence-electron chi connectivity index (χ4n) is 2.66. The lowest BCUT2D eigenvalue weighted by atomic mass is 10.2. The fraction of sp³-hybridized carbons (Fsp3) is 0.917. The molecule has 3 N–H and O–H groups in total. The van der Waals surface area contributed by atoms with Crippen LogP contribution < -0.4 is 10.6 Å². The third-order valence-electron chi connectivity index (χ3n) is 4.54. The lowest BCUT2D eigenvalue weighted by Gasteiger charge is -2.12. The lowest BCUT2D eigenvalue weighted by molar-refractivity contribution is -0.122. The van der Waals surface area contributed by atoms with Crippen molar-refractivity contribution in [2.24, 2.45) is 0 Å². The van der Waals surface area contributed by atoms with Crippen LogP contribution in [-0.4, -0.2) is 115 Å². The lowest BCUT2D eigenvalue weighted by Crippen LogP contribution is -2.32. The zero-order valence-electron chi connectivity index (χ0n) is 21.7. The van der Waals surface area contributed by atoms with E-state index in [1.807, 2.05) is 6.92 Å². The van der Waals surface area contributed by atoms with Crippen LogP contribution in [0.3, 0.4) is 0 Å². The second-order valence-corrected chi connectivity index (χ2v) is 7.84. The standard InChI is InChI=1S/C24H48N2O9/c1-3-8-25-24(29)7-10-30-12-14-32-16-18-34-20-21-35-19-17-33-15-13-31-11-9-26-23(28)6-4-5-22(2)27/h23,26,28H,3-21H2,1-2H3,(H,25,29). The zero-order valence-corrected chi connectivity index (χ0v) is 21.7. The molecule has 0 aliphatic heterocycles. The molecule has 0 heterocycles. The largest absolute Gasteiger partial charge is 0.379 e. The van der Waals surface area contributed by atoms with E-state index in [9.17, 15) is 14.7 Å². The molecule has 1 unspecified atom stereocenters. The Kier molecular flexibility index (Phi) is 26.5. The molecule has 208 valence electrons. The van der Waals surface area contributed by atoms with Gasteiger partial charge in [-0.3, -0.25) is 10.1 Å². The molecule has 0 aromatic heterocycles. The van der Waals surface area contributed by atoms with Gasteiger partial charge in [0.15, 0.2) is 0 Å². The van der Waals surface area contributed by atoms with Crippen molar-refractivity contribution in [1.82, 2.24) is 10.6 Å². The number of rotatable bonds is 28. The number of hydrogen-bond acceptors (Lipinski definition) is 10. The quantitative estimate of drug-likeness (QED) is 0.102. The van der Waals surface area contributed by atoms with Gasteiger partial charge < -0.3 is 43.6 Å². The predicted octanol–water partition coefficient (Wildman–Crippen LogP) is 0.670. The first kappa shape index (κ1) is 33.8. The molecule has 0 bridgehead atoms. The van der Waals surface area contributed by atoms with Gasteiger partial charge in [0.1, 0.15) is 12.0 Å². The second-order valence-electron chi connectivity index (χ2n) is 7.84. The maximum absolute atomic E-state index is 11.4. The summed E-state index contributed by atoms with van der Waals surface area (Å²) >= 11 is 0. The summed E-state index contributed by atoms with van der Waals surface area (Å²) in [5.41, 5.74) is 0. The number of Topliss-reactive ketones (excluding diaryl/α,β-unsaturated/α-hetero) is 1. The summed E-state index contributed by atoms with van der Waals surface area (Å²) in [6.45, 7) is 10.5. The normalized spacial score (nSPS) is 12.1. The highest BCUT2D eigenvalue weighted by molar-refractivity contribution is 5.76. The Hall–Kier alpha value is -1.18. The van der Waals surface area contributed by atoms with Gasteiger partial charge in [-0.1, -0.05) is 6.92 Å².